The minimum Gasteiger partial charge on any atom is -0.497 e. The molecule has 1 aromatic carbocycles. The summed E-state index contributed by atoms with van der Waals surface area (Å²) in [7, 11) is 3.29. The van der Waals surface area contributed by atoms with Crippen LogP contribution >= 0.6 is 0 Å². The summed E-state index contributed by atoms with van der Waals surface area (Å²) in [5, 5.41) is 1.26. The van der Waals surface area contributed by atoms with Crippen molar-refractivity contribution in [3.05, 3.63) is 29.5 Å². The van der Waals surface area contributed by atoms with Crippen LogP contribution in [0.15, 0.2) is 18.2 Å². The molecule has 5 unspecified atom stereocenters. The number of fused-ring (bicyclic) bond motifs is 5. The number of hydrogen-bond acceptors (Lipinski definition) is 4. The summed E-state index contributed by atoms with van der Waals surface area (Å²) < 4.78 is 10.9. The maximum Gasteiger partial charge on any atom is 0.313 e. The van der Waals surface area contributed by atoms with Crippen molar-refractivity contribution in [1.29, 1.82) is 0 Å². The molecule has 7 rings (SSSR count). The van der Waals surface area contributed by atoms with Crippen LogP contribution in [0, 0.1) is 17.3 Å². The van der Waals surface area contributed by atoms with E-state index in [0.717, 1.165) is 31.1 Å². The SMILES string of the molecule is CC[C@H]1CC2C3(C(=O)OC)C[C@@]34c3[nH]c5ccc(OC)cc5c3CCN3C1C234. The molecule has 146 valence electrons. The van der Waals surface area contributed by atoms with E-state index >= 15 is 0 Å². The van der Waals surface area contributed by atoms with Crippen molar-refractivity contribution >= 4 is 16.9 Å². The van der Waals surface area contributed by atoms with E-state index < -0.39 is 0 Å². The molecule has 5 nitrogen and oxygen atoms in total. The molecule has 1 saturated heterocycles. The van der Waals surface area contributed by atoms with Gasteiger partial charge in [0.2, 0.25) is 0 Å². The first-order valence-electron chi connectivity index (χ1n) is 10.7. The Kier molecular flexibility index (Phi) is 2.51. The van der Waals surface area contributed by atoms with E-state index in [-0.39, 0.29) is 22.3 Å². The largest absolute Gasteiger partial charge is 0.497 e. The zero-order valence-corrected chi connectivity index (χ0v) is 16.7. The summed E-state index contributed by atoms with van der Waals surface area (Å²) in [6.07, 6.45) is 4.40. The van der Waals surface area contributed by atoms with Crippen molar-refractivity contribution in [1.82, 2.24) is 9.88 Å². The second kappa shape index (κ2) is 4.43. The van der Waals surface area contributed by atoms with E-state index in [4.69, 9.17) is 9.47 Å². The Hall–Kier alpha value is -2.01. The van der Waals surface area contributed by atoms with E-state index in [1.54, 1.807) is 14.2 Å². The fraction of sp³-hybridized carbons (Fsp3) is 0.609. The second-order valence-corrected chi connectivity index (χ2v) is 9.61. The lowest BCUT2D eigenvalue weighted by molar-refractivity contribution is -0.158. The number of aromatic amines is 1. The first-order valence-corrected chi connectivity index (χ1v) is 10.7. The predicted molar refractivity (Wildman–Crippen MR) is 104 cm³/mol. The van der Waals surface area contributed by atoms with Gasteiger partial charge >= 0.3 is 5.97 Å². The van der Waals surface area contributed by atoms with Gasteiger partial charge < -0.3 is 14.5 Å². The third-order valence-electron chi connectivity index (χ3n) is 9.39. The Balaban J connectivity index is 1.48. The fourth-order valence-corrected chi connectivity index (χ4v) is 8.61. The van der Waals surface area contributed by atoms with E-state index in [1.165, 1.54) is 35.0 Å². The van der Waals surface area contributed by atoms with Gasteiger partial charge in [-0.1, -0.05) is 13.3 Å². The maximum absolute atomic E-state index is 13.1. The molecule has 5 aliphatic rings. The summed E-state index contributed by atoms with van der Waals surface area (Å²) in [5.74, 6) is 2.11. The van der Waals surface area contributed by atoms with Gasteiger partial charge in [-0.15, -0.1) is 0 Å². The summed E-state index contributed by atoms with van der Waals surface area (Å²) >= 11 is 0. The zero-order valence-electron chi connectivity index (χ0n) is 16.7. The Morgan fingerprint density at radius 3 is 2.96 bits per heavy atom. The number of nitrogens with one attached hydrogen (secondary N) is 1. The molecule has 1 aromatic heterocycles. The number of methoxy groups -OCH3 is 2. The Morgan fingerprint density at radius 2 is 2.21 bits per heavy atom. The molecule has 5 heteroatoms. The van der Waals surface area contributed by atoms with Gasteiger partial charge in [-0.2, -0.15) is 0 Å². The Labute approximate surface area is 164 Å². The number of piperidine rings is 1. The molecule has 3 saturated carbocycles. The highest BCUT2D eigenvalue weighted by Crippen LogP contribution is 2.95. The van der Waals surface area contributed by atoms with Gasteiger partial charge in [-0.3, -0.25) is 9.69 Å². The van der Waals surface area contributed by atoms with Crippen LogP contribution in [-0.4, -0.2) is 48.2 Å². The van der Waals surface area contributed by atoms with Crippen LogP contribution in [0.2, 0.25) is 0 Å². The quantitative estimate of drug-likeness (QED) is 0.659. The van der Waals surface area contributed by atoms with E-state index in [9.17, 15) is 4.79 Å². The minimum atomic E-state index is -0.303. The number of aromatic nitrogens is 1. The summed E-state index contributed by atoms with van der Waals surface area (Å²) in [6, 6.07) is 6.97. The lowest BCUT2D eigenvalue weighted by atomic mass is 9.54. The summed E-state index contributed by atoms with van der Waals surface area (Å²) in [6.45, 7) is 3.42. The van der Waals surface area contributed by atoms with Gasteiger partial charge in [0.1, 0.15) is 5.75 Å². The van der Waals surface area contributed by atoms with Gasteiger partial charge in [0.15, 0.2) is 0 Å². The zero-order chi connectivity index (χ0) is 19.1. The highest BCUT2D eigenvalue weighted by molar-refractivity contribution is 5.95. The molecule has 0 bridgehead atoms. The van der Waals surface area contributed by atoms with Gasteiger partial charge in [0.05, 0.1) is 25.2 Å². The standard InChI is InChI=1S/C23H26N2O3/c1-4-12-9-17-21(20(26)28-3)11-22(21)18-14(7-8-25-19(12)23(17,22)25)15-10-13(27-2)5-6-16(15)24-18/h5-6,10,12,17,19,24H,4,7-9,11H2,1-3H3/t12-,17?,19?,21?,22+,23?,25?/m0/s1. The molecule has 2 spiro atoms. The van der Waals surface area contributed by atoms with E-state index in [1.807, 2.05) is 6.07 Å². The van der Waals surface area contributed by atoms with Crippen molar-refractivity contribution < 1.29 is 14.3 Å². The fourth-order valence-electron chi connectivity index (χ4n) is 8.61. The number of benzene rings is 1. The number of nitrogens with zero attached hydrogens (tertiary/aromatic N) is 1. The topological polar surface area (TPSA) is 54.3 Å². The van der Waals surface area contributed by atoms with Crippen molar-refractivity contribution in [3.63, 3.8) is 0 Å². The highest BCUT2D eigenvalue weighted by Gasteiger charge is 3.05. The molecule has 0 amide bonds. The number of carbonyl (C=O) groups excluding carboxylic acids is 1. The highest BCUT2D eigenvalue weighted by atomic mass is 16.5. The van der Waals surface area contributed by atoms with Crippen LogP contribution in [0.5, 0.6) is 5.75 Å². The van der Waals surface area contributed by atoms with Gasteiger partial charge in [0, 0.05) is 34.6 Å². The second-order valence-electron chi connectivity index (χ2n) is 9.61. The molecule has 0 radical (unpaired) electrons. The molecule has 3 heterocycles. The lowest BCUT2D eigenvalue weighted by Gasteiger charge is -2.49. The number of hydrogen-bond donors (Lipinski definition) is 1. The van der Waals surface area contributed by atoms with Crippen LogP contribution in [0.25, 0.3) is 10.9 Å². The molecule has 1 N–H and O–H groups in total. The van der Waals surface area contributed by atoms with Gasteiger partial charge in [-0.05, 0) is 54.9 Å². The molecular weight excluding hydrogens is 352 g/mol. The minimum absolute atomic E-state index is 0.0227. The summed E-state index contributed by atoms with van der Waals surface area (Å²) in [5.41, 5.74) is 3.74. The van der Waals surface area contributed by atoms with Crippen molar-refractivity contribution in [2.45, 2.75) is 49.6 Å². The first-order chi connectivity index (χ1) is 13.6. The average molecular weight is 378 g/mol. The third kappa shape index (κ3) is 1.22. The van der Waals surface area contributed by atoms with Crippen molar-refractivity contribution in [2.24, 2.45) is 17.3 Å². The molecule has 7 atom stereocenters. The van der Waals surface area contributed by atoms with Crippen LogP contribution < -0.4 is 4.74 Å². The van der Waals surface area contributed by atoms with Crippen molar-refractivity contribution in [2.75, 3.05) is 20.8 Å². The molecule has 28 heavy (non-hydrogen) atoms. The van der Waals surface area contributed by atoms with E-state index in [0.29, 0.717) is 12.0 Å². The van der Waals surface area contributed by atoms with Crippen LogP contribution in [-0.2, 0) is 21.4 Å². The van der Waals surface area contributed by atoms with Crippen LogP contribution in [0.3, 0.4) is 0 Å². The van der Waals surface area contributed by atoms with E-state index in [2.05, 4.69) is 28.9 Å². The normalized spacial score (nSPS) is 45.8. The van der Waals surface area contributed by atoms with Crippen LogP contribution in [0.4, 0.5) is 0 Å². The number of H-pyrrole nitrogens is 1. The smallest absolute Gasteiger partial charge is 0.313 e. The maximum atomic E-state index is 13.1. The number of carbonyl (C=O) groups is 1. The molecule has 3 aliphatic carbocycles. The molecule has 2 aliphatic heterocycles. The van der Waals surface area contributed by atoms with Crippen molar-refractivity contribution in [3.8, 4) is 5.75 Å². The molecule has 4 fully saturated rings. The van der Waals surface area contributed by atoms with Crippen LogP contribution in [0.1, 0.15) is 37.4 Å². The summed E-state index contributed by atoms with van der Waals surface area (Å²) in [4.78, 5) is 19.7. The predicted octanol–water partition coefficient (Wildman–Crippen LogP) is 3.02. The number of rotatable bonds is 3. The van der Waals surface area contributed by atoms with Gasteiger partial charge in [-0.25, -0.2) is 0 Å². The Bertz CT molecular complexity index is 1080. The number of ether oxygens (including phenoxy) is 2. The van der Waals surface area contributed by atoms with Gasteiger partial charge in [0.25, 0.3) is 0 Å². The lowest BCUT2D eigenvalue weighted by Crippen LogP contribution is -2.61. The molecule has 2 aromatic rings. The first kappa shape index (κ1) is 15.9. The third-order valence-corrected chi connectivity index (χ3v) is 9.39. The number of esters is 1. The molecular formula is C23H26N2O3. The Morgan fingerprint density at radius 1 is 1.36 bits per heavy atom. The monoisotopic (exact) mass is 378 g/mol. The average Bonchev–Trinajstić information content (AvgIpc) is 3.49.